The fraction of sp³-hybridized carbons (Fsp3) is 0.500. The highest BCUT2D eigenvalue weighted by Crippen LogP contribution is 2.32. The quantitative estimate of drug-likeness (QED) is 0.713. The second kappa shape index (κ2) is 7.95. The van der Waals surface area contributed by atoms with Gasteiger partial charge >= 0.3 is 6.18 Å². The van der Waals surface area contributed by atoms with Gasteiger partial charge in [0, 0.05) is 25.4 Å². The molecule has 0 bridgehead atoms. The lowest BCUT2D eigenvalue weighted by molar-refractivity contribution is -0.137. The molecule has 5 nitrogen and oxygen atoms in total. The lowest BCUT2D eigenvalue weighted by Gasteiger charge is -2.23. The van der Waals surface area contributed by atoms with Gasteiger partial charge in [-0.2, -0.15) is 13.2 Å². The highest BCUT2D eigenvalue weighted by Gasteiger charge is 2.36. The molecule has 0 spiro atoms. The third-order valence-electron chi connectivity index (χ3n) is 5.03. The Morgan fingerprint density at radius 1 is 1.04 bits per heavy atom. The summed E-state index contributed by atoms with van der Waals surface area (Å²) in [5, 5.41) is 0. The van der Waals surface area contributed by atoms with E-state index in [-0.39, 0.29) is 12.1 Å². The van der Waals surface area contributed by atoms with E-state index in [9.17, 15) is 13.2 Å². The zero-order valence-corrected chi connectivity index (χ0v) is 15.3. The van der Waals surface area contributed by atoms with Crippen molar-refractivity contribution in [3.05, 3.63) is 48.3 Å². The lowest BCUT2D eigenvalue weighted by Crippen LogP contribution is -2.35. The SMILES string of the molecule is FC(F)(F)c1ccc(O[C@@H]2C[C@@H](COCC3CC3)N(c3ncccn3)C2)cc1. The van der Waals surface area contributed by atoms with Gasteiger partial charge in [-0.25, -0.2) is 9.97 Å². The number of hydrogen-bond acceptors (Lipinski definition) is 5. The maximum absolute atomic E-state index is 12.7. The van der Waals surface area contributed by atoms with Crippen molar-refractivity contribution in [1.29, 1.82) is 0 Å². The largest absolute Gasteiger partial charge is 0.489 e. The predicted octanol–water partition coefficient (Wildman–Crippen LogP) is 3.95. The third kappa shape index (κ3) is 4.73. The molecule has 1 aliphatic carbocycles. The van der Waals surface area contributed by atoms with E-state index in [4.69, 9.17) is 9.47 Å². The Bertz CT molecular complexity index is 767. The second-order valence-corrected chi connectivity index (χ2v) is 7.33. The van der Waals surface area contributed by atoms with Crippen LogP contribution in [0, 0.1) is 5.92 Å². The number of alkyl halides is 3. The van der Waals surface area contributed by atoms with Gasteiger partial charge in [-0.15, -0.1) is 0 Å². The monoisotopic (exact) mass is 393 g/mol. The maximum atomic E-state index is 12.7. The van der Waals surface area contributed by atoms with E-state index >= 15 is 0 Å². The number of ether oxygens (including phenoxy) is 2. The number of nitrogens with zero attached hydrogens (tertiary/aromatic N) is 3. The van der Waals surface area contributed by atoms with Crippen LogP contribution in [0.1, 0.15) is 24.8 Å². The number of halogens is 3. The van der Waals surface area contributed by atoms with Crippen LogP contribution in [0.15, 0.2) is 42.7 Å². The number of hydrogen-bond donors (Lipinski definition) is 0. The maximum Gasteiger partial charge on any atom is 0.416 e. The van der Waals surface area contributed by atoms with Gasteiger partial charge in [-0.05, 0) is 49.1 Å². The van der Waals surface area contributed by atoms with Crippen molar-refractivity contribution >= 4 is 5.95 Å². The van der Waals surface area contributed by atoms with Crippen molar-refractivity contribution in [3.8, 4) is 5.75 Å². The Hall–Kier alpha value is -2.35. The zero-order valence-electron chi connectivity index (χ0n) is 15.3. The highest BCUT2D eigenvalue weighted by molar-refractivity contribution is 5.35. The Balaban J connectivity index is 1.41. The summed E-state index contributed by atoms with van der Waals surface area (Å²) < 4.78 is 50.0. The van der Waals surface area contributed by atoms with Gasteiger partial charge in [0.1, 0.15) is 11.9 Å². The Morgan fingerprint density at radius 2 is 1.75 bits per heavy atom. The molecule has 0 amide bonds. The van der Waals surface area contributed by atoms with E-state index in [0.29, 0.717) is 37.2 Å². The van der Waals surface area contributed by atoms with E-state index in [1.807, 2.05) is 0 Å². The summed E-state index contributed by atoms with van der Waals surface area (Å²) in [7, 11) is 0. The summed E-state index contributed by atoms with van der Waals surface area (Å²) in [4.78, 5) is 10.7. The van der Waals surface area contributed by atoms with Crippen LogP contribution in [0.5, 0.6) is 5.75 Å². The molecule has 28 heavy (non-hydrogen) atoms. The third-order valence-corrected chi connectivity index (χ3v) is 5.03. The van der Waals surface area contributed by atoms with Crippen molar-refractivity contribution in [2.45, 2.75) is 37.6 Å². The van der Waals surface area contributed by atoms with Gasteiger partial charge in [0.25, 0.3) is 0 Å². The lowest BCUT2D eigenvalue weighted by atomic mass is 10.2. The molecular weight excluding hydrogens is 371 g/mol. The molecule has 1 saturated heterocycles. The average Bonchev–Trinajstić information content (AvgIpc) is 3.42. The van der Waals surface area contributed by atoms with Crippen LogP contribution in [0.4, 0.5) is 19.1 Å². The molecule has 0 radical (unpaired) electrons. The van der Waals surface area contributed by atoms with Crippen molar-refractivity contribution in [3.63, 3.8) is 0 Å². The van der Waals surface area contributed by atoms with Gasteiger partial charge in [0.05, 0.1) is 24.8 Å². The van der Waals surface area contributed by atoms with Gasteiger partial charge in [0.15, 0.2) is 0 Å². The van der Waals surface area contributed by atoms with Gasteiger partial charge in [-0.3, -0.25) is 0 Å². The summed E-state index contributed by atoms with van der Waals surface area (Å²) in [6.07, 6.45) is 2.02. The fourth-order valence-electron chi connectivity index (χ4n) is 3.37. The molecule has 0 N–H and O–H groups in total. The first-order valence-electron chi connectivity index (χ1n) is 9.44. The van der Waals surface area contributed by atoms with Crippen LogP contribution in [0.3, 0.4) is 0 Å². The fourth-order valence-corrected chi connectivity index (χ4v) is 3.37. The molecule has 2 fully saturated rings. The minimum absolute atomic E-state index is 0.0700. The Labute approximate surface area is 161 Å². The first kappa shape index (κ1) is 19.0. The summed E-state index contributed by atoms with van der Waals surface area (Å²) in [5.41, 5.74) is -0.683. The van der Waals surface area contributed by atoms with Crippen LogP contribution in [0.2, 0.25) is 0 Å². The number of anilines is 1. The average molecular weight is 393 g/mol. The summed E-state index contributed by atoms with van der Waals surface area (Å²) in [6.45, 7) is 1.88. The number of aromatic nitrogens is 2. The van der Waals surface area contributed by atoms with Crippen LogP contribution in [-0.4, -0.2) is 41.9 Å². The molecule has 4 rings (SSSR count). The molecule has 1 aliphatic heterocycles. The molecule has 1 aromatic carbocycles. The summed E-state index contributed by atoms with van der Waals surface area (Å²) >= 11 is 0. The Kier molecular flexibility index (Phi) is 5.39. The molecule has 2 atom stereocenters. The van der Waals surface area contributed by atoms with Gasteiger partial charge in [0.2, 0.25) is 5.95 Å². The Morgan fingerprint density at radius 3 is 2.39 bits per heavy atom. The number of benzene rings is 1. The summed E-state index contributed by atoms with van der Waals surface area (Å²) in [6, 6.07) is 6.64. The smallest absolute Gasteiger partial charge is 0.416 e. The first-order valence-corrected chi connectivity index (χ1v) is 9.44. The van der Waals surface area contributed by atoms with Crippen LogP contribution in [0.25, 0.3) is 0 Å². The molecule has 2 heterocycles. The first-order chi connectivity index (χ1) is 13.5. The van der Waals surface area contributed by atoms with Crippen LogP contribution in [-0.2, 0) is 10.9 Å². The topological polar surface area (TPSA) is 47.5 Å². The van der Waals surface area contributed by atoms with Gasteiger partial charge < -0.3 is 14.4 Å². The highest BCUT2D eigenvalue weighted by atomic mass is 19.4. The zero-order chi connectivity index (χ0) is 19.6. The van der Waals surface area contributed by atoms with E-state index in [2.05, 4.69) is 14.9 Å². The van der Waals surface area contributed by atoms with E-state index in [1.165, 1.54) is 25.0 Å². The van der Waals surface area contributed by atoms with E-state index < -0.39 is 11.7 Å². The molecule has 1 saturated carbocycles. The molecular formula is C20H22F3N3O2. The normalized spacial score (nSPS) is 22.5. The molecule has 1 aromatic heterocycles. The van der Waals surface area contributed by atoms with Crippen molar-refractivity contribution in [2.24, 2.45) is 5.92 Å². The summed E-state index contributed by atoms with van der Waals surface area (Å²) in [5.74, 6) is 1.72. The molecule has 2 aliphatic rings. The minimum atomic E-state index is -4.35. The van der Waals surface area contributed by atoms with Crippen molar-refractivity contribution in [2.75, 3.05) is 24.7 Å². The standard InChI is InChI=1S/C20H22F3N3O2/c21-20(22,23)15-4-6-17(7-5-15)28-18-10-16(13-27-12-14-2-3-14)26(11-18)19-24-8-1-9-25-19/h1,4-9,14,16,18H,2-3,10-13H2/t16-,18+/m0/s1. The van der Waals surface area contributed by atoms with Crippen LogP contribution >= 0.6 is 0 Å². The van der Waals surface area contributed by atoms with Gasteiger partial charge in [-0.1, -0.05) is 0 Å². The van der Waals surface area contributed by atoms with Crippen LogP contribution < -0.4 is 9.64 Å². The van der Waals surface area contributed by atoms with E-state index in [1.54, 1.807) is 18.5 Å². The molecule has 0 unspecified atom stereocenters. The predicted molar refractivity (Wildman–Crippen MR) is 97.2 cm³/mol. The van der Waals surface area contributed by atoms with E-state index in [0.717, 1.165) is 18.7 Å². The van der Waals surface area contributed by atoms with Crippen molar-refractivity contribution < 1.29 is 22.6 Å². The molecule has 2 aromatic rings. The number of rotatable bonds is 7. The molecule has 8 heteroatoms. The second-order valence-electron chi connectivity index (χ2n) is 7.33. The van der Waals surface area contributed by atoms with Crippen molar-refractivity contribution in [1.82, 2.24) is 9.97 Å². The molecule has 150 valence electrons. The minimum Gasteiger partial charge on any atom is -0.489 e.